The summed E-state index contributed by atoms with van der Waals surface area (Å²) in [5.41, 5.74) is 1.07. The minimum absolute atomic E-state index is 0.0893. The Morgan fingerprint density at radius 1 is 1.64 bits per heavy atom. The van der Waals surface area contributed by atoms with Gasteiger partial charge in [-0.25, -0.2) is 0 Å². The summed E-state index contributed by atoms with van der Waals surface area (Å²) in [6.45, 7) is 4.37. The van der Waals surface area contributed by atoms with Gasteiger partial charge in [-0.15, -0.1) is 0 Å². The average Bonchev–Trinajstić information content (AvgIpc) is 2.55. The van der Waals surface area contributed by atoms with Crippen molar-refractivity contribution >= 4 is 5.97 Å². The Bertz CT molecular complexity index is 280. The normalized spacial score (nSPS) is 13.1. The Balaban J connectivity index is 2.45. The molecule has 4 heteroatoms. The van der Waals surface area contributed by atoms with Crippen molar-refractivity contribution in [3.63, 3.8) is 0 Å². The van der Waals surface area contributed by atoms with Crippen LogP contribution in [-0.4, -0.2) is 22.1 Å². The number of hydrogen-bond donors (Lipinski definition) is 3. The summed E-state index contributed by atoms with van der Waals surface area (Å²) in [6, 6.07) is 1.44. The topological polar surface area (TPSA) is 65.1 Å². The molecule has 0 aliphatic heterocycles. The van der Waals surface area contributed by atoms with Gasteiger partial charge in [0.15, 0.2) is 0 Å². The highest BCUT2D eigenvalue weighted by Crippen LogP contribution is 2.04. The average molecular weight is 196 g/mol. The lowest BCUT2D eigenvalue weighted by atomic mass is 10.0. The van der Waals surface area contributed by atoms with Gasteiger partial charge in [-0.1, -0.05) is 13.8 Å². The summed E-state index contributed by atoms with van der Waals surface area (Å²) in [5, 5.41) is 11.9. The van der Waals surface area contributed by atoms with Gasteiger partial charge in [0.1, 0.15) is 6.04 Å². The maximum Gasteiger partial charge on any atom is 0.320 e. The first-order valence-electron chi connectivity index (χ1n) is 4.69. The van der Waals surface area contributed by atoms with Crippen LogP contribution in [-0.2, 0) is 11.3 Å². The summed E-state index contributed by atoms with van der Waals surface area (Å²) in [4.78, 5) is 13.8. The van der Waals surface area contributed by atoms with Crippen molar-refractivity contribution in [3.8, 4) is 0 Å². The van der Waals surface area contributed by atoms with Gasteiger partial charge in [-0.3, -0.25) is 4.79 Å². The molecule has 0 aliphatic rings. The highest BCUT2D eigenvalue weighted by molar-refractivity contribution is 5.73. The number of aromatic nitrogens is 1. The van der Waals surface area contributed by atoms with Crippen molar-refractivity contribution in [2.24, 2.45) is 5.92 Å². The molecular formula is C10H16N2O2. The molecule has 0 aromatic carbocycles. The molecular weight excluding hydrogens is 180 g/mol. The fraction of sp³-hybridized carbons (Fsp3) is 0.500. The molecule has 0 saturated carbocycles. The van der Waals surface area contributed by atoms with Crippen molar-refractivity contribution in [3.05, 3.63) is 24.0 Å². The van der Waals surface area contributed by atoms with Gasteiger partial charge in [-0.2, -0.15) is 0 Å². The third-order valence-electron chi connectivity index (χ3n) is 2.12. The SMILES string of the molecule is CC(C)C(NCc1cc[nH]c1)C(=O)O. The van der Waals surface area contributed by atoms with Crippen LogP contribution >= 0.6 is 0 Å². The van der Waals surface area contributed by atoms with Gasteiger partial charge in [0.2, 0.25) is 0 Å². The van der Waals surface area contributed by atoms with Crippen molar-refractivity contribution in [2.75, 3.05) is 0 Å². The van der Waals surface area contributed by atoms with Crippen LogP contribution in [0.4, 0.5) is 0 Å². The maximum atomic E-state index is 10.8. The number of rotatable bonds is 5. The van der Waals surface area contributed by atoms with E-state index in [0.717, 1.165) is 5.56 Å². The third kappa shape index (κ3) is 2.88. The number of carboxylic acid groups (broad SMARTS) is 1. The van der Waals surface area contributed by atoms with Crippen molar-refractivity contribution < 1.29 is 9.90 Å². The minimum Gasteiger partial charge on any atom is -0.480 e. The molecule has 1 atom stereocenters. The number of aliphatic carboxylic acids is 1. The van der Waals surface area contributed by atoms with Gasteiger partial charge < -0.3 is 15.4 Å². The van der Waals surface area contributed by atoms with E-state index in [1.807, 2.05) is 32.3 Å². The number of carbonyl (C=O) groups is 1. The molecule has 78 valence electrons. The standard InChI is InChI=1S/C10H16N2O2/c1-7(2)9(10(13)14)12-6-8-3-4-11-5-8/h3-5,7,9,11-12H,6H2,1-2H3,(H,13,14). The van der Waals surface area contributed by atoms with Crippen LogP contribution in [0.5, 0.6) is 0 Å². The van der Waals surface area contributed by atoms with E-state index in [2.05, 4.69) is 10.3 Å². The van der Waals surface area contributed by atoms with Gasteiger partial charge in [-0.05, 0) is 17.5 Å². The predicted octanol–water partition coefficient (Wildman–Crippen LogP) is 1.21. The van der Waals surface area contributed by atoms with Crippen LogP contribution < -0.4 is 5.32 Å². The summed E-state index contributed by atoms with van der Waals surface area (Å²) < 4.78 is 0. The molecule has 0 saturated heterocycles. The summed E-state index contributed by atoms with van der Waals surface area (Å²) in [6.07, 6.45) is 3.67. The van der Waals surface area contributed by atoms with E-state index in [9.17, 15) is 4.79 Å². The van der Waals surface area contributed by atoms with Crippen LogP contribution in [0.1, 0.15) is 19.4 Å². The first-order chi connectivity index (χ1) is 6.61. The second-order valence-electron chi connectivity index (χ2n) is 3.66. The van der Waals surface area contributed by atoms with E-state index in [4.69, 9.17) is 5.11 Å². The highest BCUT2D eigenvalue weighted by atomic mass is 16.4. The lowest BCUT2D eigenvalue weighted by Crippen LogP contribution is -2.40. The van der Waals surface area contributed by atoms with Gasteiger partial charge in [0, 0.05) is 18.9 Å². The lowest BCUT2D eigenvalue weighted by Gasteiger charge is -2.17. The monoisotopic (exact) mass is 196 g/mol. The fourth-order valence-corrected chi connectivity index (χ4v) is 1.30. The third-order valence-corrected chi connectivity index (χ3v) is 2.12. The zero-order valence-corrected chi connectivity index (χ0v) is 8.45. The lowest BCUT2D eigenvalue weighted by molar-refractivity contribution is -0.140. The number of hydrogen-bond acceptors (Lipinski definition) is 2. The molecule has 14 heavy (non-hydrogen) atoms. The zero-order valence-electron chi connectivity index (χ0n) is 8.45. The van der Waals surface area contributed by atoms with Gasteiger partial charge in [0.25, 0.3) is 0 Å². The smallest absolute Gasteiger partial charge is 0.320 e. The largest absolute Gasteiger partial charge is 0.480 e. The molecule has 0 radical (unpaired) electrons. The van der Waals surface area contributed by atoms with E-state index < -0.39 is 12.0 Å². The molecule has 0 bridgehead atoms. The number of aromatic amines is 1. The molecule has 1 rings (SSSR count). The molecule has 0 spiro atoms. The van der Waals surface area contributed by atoms with E-state index in [1.165, 1.54) is 0 Å². The quantitative estimate of drug-likeness (QED) is 0.663. The summed E-state index contributed by atoms with van der Waals surface area (Å²) >= 11 is 0. The second-order valence-corrected chi connectivity index (χ2v) is 3.66. The maximum absolute atomic E-state index is 10.8. The molecule has 1 unspecified atom stereocenters. The molecule has 0 aliphatic carbocycles. The van der Waals surface area contributed by atoms with Crippen molar-refractivity contribution in [1.82, 2.24) is 10.3 Å². The molecule has 0 amide bonds. The highest BCUT2D eigenvalue weighted by Gasteiger charge is 2.20. The Morgan fingerprint density at radius 2 is 2.36 bits per heavy atom. The Morgan fingerprint density at radius 3 is 2.79 bits per heavy atom. The van der Waals surface area contributed by atoms with Gasteiger partial charge >= 0.3 is 5.97 Å². The second kappa shape index (κ2) is 4.81. The minimum atomic E-state index is -0.796. The first-order valence-corrected chi connectivity index (χ1v) is 4.69. The number of carboxylic acids is 1. The molecule has 4 nitrogen and oxygen atoms in total. The first kappa shape index (κ1) is 10.8. The Hall–Kier alpha value is -1.29. The number of H-pyrrole nitrogens is 1. The Kier molecular flexibility index (Phi) is 3.71. The molecule has 0 fully saturated rings. The molecule has 1 aromatic rings. The number of nitrogens with one attached hydrogen (secondary N) is 2. The van der Waals surface area contributed by atoms with Crippen LogP contribution in [0.2, 0.25) is 0 Å². The Labute approximate surface area is 83.3 Å². The van der Waals surface area contributed by atoms with E-state index in [-0.39, 0.29) is 5.92 Å². The summed E-state index contributed by atoms with van der Waals surface area (Å²) in [5.74, 6) is -0.707. The molecule has 3 N–H and O–H groups in total. The van der Waals surface area contributed by atoms with Gasteiger partial charge in [0.05, 0.1) is 0 Å². The van der Waals surface area contributed by atoms with Crippen LogP contribution in [0.3, 0.4) is 0 Å². The van der Waals surface area contributed by atoms with Crippen LogP contribution in [0.25, 0.3) is 0 Å². The van der Waals surface area contributed by atoms with Crippen LogP contribution in [0.15, 0.2) is 18.5 Å². The van der Waals surface area contributed by atoms with E-state index in [1.54, 1.807) is 0 Å². The van der Waals surface area contributed by atoms with Crippen molar-refractivity contribution in [2.45, 2.75) is 26.4 Å². The molecule has 1 heterocycles. The predicted molar refractivity (Wildman–Crippen MR) is 53.9 cm³/mol. The fourth-order valence-electron chi connectivity index (χ4n) is 1.30. The molecule has 1 aromatic heterocycles. The zero-order chi connectivity index (χ0) is 10.6. The van der Waals surface area contributed by atoms with Crippen molar-refractivity contribution in [1.29, 1.82) is 0 Å². The van der Waals surface area contributed by atoms with Crippen LogP contribution in [0, 0.1) is 5.92 Å². The summed E-state index contributed by atoms with van der Waals surface area (Å²) in [7, 11) is 0. The van der Waals surface area contributed by atoms with E-state index in [0.29, 0.717) is 6.54 Å². The van der Waals surface area contributed by atoms with E-state index >= 15 is 0 Å².